The van der Waals surface area contributed by atoms with E-state index in [1.54, 1.807) is 18.3 Å². The van der Waals surface area contributed by atoms with E-state index in [1.807, 2.05) is 12.3 Å². The molecule has 2 atom stereocenters. The zero-order valence-electron chi connectivity index (χ0n) is 12.1. The van der Waals surface area contributed by atoms with E-state index in [9.17, 15) is 14.3 Å². The molecule has 1 aromatic heterocycles. The fraction of sp³-hybridized carbons (Fsp3) is 0.333. The molecule has 2 amide bonds. The topological polar surface area (TPSA) is 74.2 Å². The van der Waals surface area contributed by atoms with Crippen molar-refractivity contribution in [2.24, 2.45) is 0 Å². The first-order valence-corrected chi connectivity index (χ1v) is 7.86. The van der Waals surface area contributed by atoms with Crippen molar-refractivity contribution in [1.29, 1.82) is 0 Å². The van der Waals surface area contributed by atoms with Gasteiger partial charge in [0.1, 0.15) is 10.8 Å². The number of aliphatic hydroxyl groups is 1. The molecule has 5 nitrogen and oxygen atoms in total. The highest BCUT2D eigenvalue weighted by atomic mass is 32.1. The number of carbonyl (C=O) groups excluding carboxylic acids is 1. The summed E-state index contributed by atoms with van der Waals surface area (Å²) < 4.78 is 13.5. The van der Waals surface area contributed by atoms with E-state index < -0.39 is 18.0 Å². The first-order valence-electron chi connectivity index (χ1n) is 6.98. The second-order valence-electron chi connectivity index (χ2n) is 4.72. The van der Waals surface area contributed by atoms with Crippen LogP contribution in [0.2, 0.25) is 0 Å². The van der Waals surface area contributed by atoms with Gasteiger partial charge in [-0.2, -0.15) is 0 Å². The molecule has 7 heteroatoms. The number of carbonyl (C=O) groups is 1. The number of nitrogens with zero attached hydrogens (tertiary/aromatic N) is 1. The Hall–Kier alpha value is -1.99. The van der Waals surface area contributed by atoms with E-state index in [1.165, 1.54) is 23.5 Å². The molecule has 3 N–H and O–H groups in total. The molecular weight excluding hydrogens is 305 g/mol. The number of urea groups is 1. The number of thiazole rings is 1. The number of hydrogen-bond acceptors (Lipinski definition) is 4. The lowest BCUT2D eigenvalue weighted by atomic mass is 10.1. The van der Waals surface area contributed by atoms with Crippen LogP contribution in [-0.2, 0) is 0 Å². The molecule has 0 bridgehead atoms. The van der Waals surface area contributed by atoms with Crippen molar-refractivity contribution in [2.75, 3.05) is 6.54 Å². The lowest BCUT2D eigenvalue weighted by molar-refractivity contribution is 0.168. The summed E-state index contributed by atoms with van der Waals surface area (Å²) in [6, 6.07) is 5.35. The van der Waals surface area contributed by atoms with Crippen molar-refractivity contribution in [3.8, 4) is 0 Å². The first-order chi connectivity index (χ1) is 10.6. The third kappa shape index (κ3) is 4.25. The second kappa shape index (κ2) is 7.86. The zero-order chi connectivity index (χ0) is 15.9. The summed E-state index contributed by atoms with van der Waals surface area (Å²) in [7, 11) is 0. The standard InChI is InChI=1S/C15H18FN3O2S/c1-2-12(14-17-7-8-22-14)19-15(21)18-9-13(20)10-5-3-4-6-11(10)16/h3-8,12-13,20H,2,9H2,1H3,(H2,18,19,21). The van der Waals surface area contributed by atoms with Crippen LogP contribution in [0.4, 0.5) is 9.18 Å². The average Bonchev–Trinajstić information content (AvgIpc) is 3.05. The molecule has 0 saturated heterocycles. The van der Waals surface area contributed by atoms with Crippen molar-refractivity contribution in [3.05, 3.63) is 52.2 Å². The van der Waals surface area contributed by atoms with E-state index in [0.29, 0.717) is 6.42 Å². The van der Waals surface area contributed by atoms with Crippen LogP contribution in [0.1, 0.15) is 36.1 Å². The maximum atomic E-state index is 13.5. The molecule has 118 valence electrons. The Bertz CT molecular complexity index is 607. The quantitative estimate of drug-likeness (QED) is 0.765. The zero-order valence-corrected chi connectivity index (χ0v) is 12.9. The monoisotopic (exact) mass is 323 g/mol. The summed E-state index contributed by atoms with van der Waals surface area (Å²) in [5, 5.41) is 17.9. The van der Waals surface area contributed by atoms with Crippen LogP contribution in [0.25, 0.3) is 0 Å². The Balaban J connectivity index is 1.86. The van der Waals surface area contributed by atoms with Gasteiger partial charge in [0.2, 0.25) is 0 Å². The maximum absolute atomic E-state index is 13.5. The van der Waals surface area contributed by atoms with E-state index in [4.69, 9.17) is 0 Å². The predicted molar refractivity (Wildman–Crippen MR) is 83.0 cm³/mol. The van der Waals surface area contributed by atoms with Gasteiger partial charge in [-0.25, -0.2) is 14.2 Å². The Kier molecular flexibility index (Phi) is 5.85. The van der Waals surface area contributed by atoms with Crippen LogP contribution >= 0.6 is 11.3 Å². The molecule has 0 spiro atoms. The van der Waals surface area contributed by atoms with Gasteiger partial charge in [-0.3, -0.25) is 0 Å². The normalized spacial score (nSPS) is 13.4. The van der Waals surface area contributed by atoms with Gasteiger partial charge in [-0.15, -0.1) is 11.3 Å². The minimum absolute atomic E-state index is 0.0684. The summed E-state index contributed by atoms with van der Waals surface area (Å²) >= 11 is 1.47. The molecule has 2 rings (SSSR count). The van der Waals surface area contributed by atoms with Crippen LogP contribution in [0.3, 0.4) is 0 Å². The number of aliphatic hydroxyl groups excluding tert-OH is 1. The minimum Gasteiger partial charge on any atom is -0.386 e. The van der Waals surface area contributed by atoms with Gasteiger partial charge in [0.05, 0.1) is 12.1 Å². The minimum atomic E-state index is -1.09. The molecule has 0 saturated carbocycles. The average molecular weight is 323 g/mol. The molecular formula is C15H18FN3O2S. The molecule has 0 aliphatic carbocycles. The summed E-state index contributed by atoms with van der Waals surface area (Å²) in [5.41, 5.74) is 0.162. The molecule has 22 heavy (non-hydrogen) atoms. The van der Waals surface area contributed by atoms with Crippen LogP contribution in [0, 0.1) is 5.82 Å². The van der Waals surface area contributed by atoms with Crippen LogP contribution in [0.15, 0.2) is 35.8 Å². The summed E-state index contributed by atoms with van der Waals surface area (Å²) in [4.78, 5) is 16.0. The SMILES string of the molecule is CCC(NC(=O)NCC(O)c1ccccc1F)c1nccs1. The Morgan fingerprint density at radius 2 is 2.23 bits per heavy atom. The second-order valence-corrected chi connectivity index (χ2v) is 5.65. The van der Waals surface area contributed by atoms with Gasteiger partial charge in [-0.05, 0) is 12.5 Å². The molecule has 2 unspecified atom stereocenters. The van der Waals surface area contributed by atoms with E-state index >= 15 is 0 Å². The number of amides is 2. The summed E-state index contributed by atoms with van der Waals surface area (Å²) in [6.07, 6.45) is 1.30. The van der Waals surface area contributed by atoms with Gasteiger partial charge < -0.3 is 15.7 Å². The number of aromatic nitrogens is 1. The van der Waals surface area contributed by atoms with E-state index in [0.717, 1.165) is 5.01 Å². The van der Waals surface area contributed by atoms with Crippen LogP contribution < -0.4 is 10.6 Å². The number of halogens is 1. The fourth-order valence-corrected chi connectivity index (χ4v) is 2.77. The molecule has 2 aromatic rings. The van der Waals surface area contributed by atoms with Crippen molar-refractivity contribution >= 4 is 17.4 Å². The lowest BCUT2D eigenvalue weighted by Crippen LogP contribution is -2.39. The highest BCUT2D eigenvalue weighted by molar-refractivity contribution is 7.09. The maximum Gasteiger partial charge on any atom is 0.315 e. The van der Waals surface area contributed by atoms with Crippen molar-refractivity contribution in [2.45, 2.75) is 25.5 Å². The van der Waals surface area contributed by atoms with Crippen molar-refractivity contribution in [1.82, 2.24) is 15.6 Å². The molecule has 1 aromatic carbocycles. The summed E-state index contributed by atoms with van der Waals surface area (Å²) in [5.74, 6) is -0.494. The van der Waals surface area contributed by atoms with Crippen molar-refractivity contribution < 1.29 is 14.3 Å². The van der Waals surface area contributed by atoms with Crippen LogP contribution in [0.5, 0.6) is 0 Å². The highest BCUT2D eigenvalue weighted by Crippen LogP contribution is 2.19. The molecule has 1 heterocycles. The van der Waals surface area contributed by atoms with Gasteiger partial charge in [0, 0.05) is 23.7 Å². The van der Waals surface area contributed by atoms with Gasteiger partial charge in [0.15, 0.2) is 0 Å². The molecule has 0 aliphatic rings. The molecule has 0 fully saturated rings. The third-order valence-corrected chi connectivity index (χ3v) is 4.07. The number of nitrogens with one attached hydrogen (secondary N) is 2. The largest absolute Gasteiger partial charge is 0.386 e. The predicted octanol–water partition coefficient (Wildman–Crippen LogP) is 2.77. The van der Waals surface area contributed by atoms with Gasteiger partial charge in [0.25, 0.3) is 0 Å². The fourth-order valence-electron chi connectivity index (χ4n) is 2.00. The number of hydrogen-bond donors (Lipinski definition) is 3. The smallest absolute Gasteiger partial charge is 0.315 e. The number of rotatable bonds is 6. The summed E-state index contributed by atoms with van der Waals surface area (Å²) in [6.45, 7) is 1.88. The molecule has 0 aliphatic heterocycles. The number of benzene rings is 1. The Morgan fingerprint density at radius 1 is 1.45 bits per heavy atom. The first kappa shape index (κ1) is 16.4. The van der Waals surface area contributed by atoms with Gasteiger partial charge in [-0.1, -0.05) is 25.1 Å². The lowest BCUT2D eigenvalue weighted by Gasteiger charge is -2.17. The van der Waals surface area contributed by atoms with Crippen molar-refractivity contribution in [3.63, 3.8) is 0 Å². The van der Waals surface area contributed by atoms with Crippen LogP contribution in [-0.4, -0.2) is 22.7 Å². The Labute approximate surface area is 132 Å². The van der Waals surface area contributed by atoms with Gasteiger partial charge >= 0.3 is 6.03 Å². The highest BCUT2D eigenvalue weighted by Gasteiger charge is 2.17. The third-order valence-electron chi connectivity index (χ3n) is 3.18. The van der Waals surface area contributed by atoms with E-state index in [2.05, 4.69) is 15.6 Å². The van der Waals surface area contributed by atoms with E-state index in [-0.39, 0.29) is 18.2 Å². The molecule has 0 radical (unpaired) electrons. The Morgan fingerprint density at radius 3 is 2.86 bits per heavy atom.